The molecule has 0 saturated heterocycles. The van der Waals surface area contributed by atoms with E-state index in [-0.39, 0.29) is 11.5 Å². The zero-order valence-corrected chi connectivity index (χ0v) is 7.73. The molecule has 1 aliphatic heterocycles. The van der Waals surface area contributed by atoms with E-state index in [1.807, 2.05) is 0 Å². The van der Waals surface area contributed by atoms with Crippen LogP contribution in [0.1, 0.15) is 5.56 Å². The van der Waals surface area contributed by atoms with Crippen LogP contribution in [0, 0.1) is 0 Å². The molecule has 0 atom stereocenters. The number of fused-ring (bicyclic) bond motifs is 1. The third kappa shape index (κ3) is 1.46. The fourth-order valence-electron chi connectivity index (χ4n) is 1.43. The highest BCUT2D eigenvalue weighted by Gasteiger charge is 2.17. The maximum absolute atomic E-state index is 10.7. The van der Waals surface area contributed by atoms with E-state index >= 15 is 0 Å². The Hall–Kier alpha value is -2.23. The zero-order valence-electron chi connectivity index (χ0n) is 7.73. The van der Waals surface area contributed by atoms with Crippen molar-refractivity contribution in [1.82, 2.24) is 0 Å². The van der Waals surface area contributed by atoms with Crippen molar-refractivity contribution in [2.75, 3.05) is 0 Å². The van der Waals surface area contributed by atoms with E-state index in [0.717, 1.165) is 5.56 Å². The first-order valence-corrected chi connectivity index (χ1v) is 4.22. The molecule has 0 aromatic rings. The summed E-state index contributed by atoms with van der Waals surface area (Å²) in [5.74, 6) is -1.34. The van der Waals surface area contributed by atoms with Crippen LogP contribution in [-0.4, -0.2) is 16.2 Å². The molecule has 2 N–H and O–H groups in total. The first-order valence-electron chi connectivity index (χ1n) is 4.22. The lowest BCUT2D eigenvalue weighted by Crippen LogP contribution is -1.97. The van der Waals surface area contributed by atoms with Crippen molar-refractivity contribution in [3.63, 3.8) is 0 Å². The van der Waals surface area contributed by atoms with Gasteiger partial charge in [-0.25, -0.2) is 4.79 Å². The molecular weight excluding hydrogens is 196 g/mol. The monoisotopic (exact) mass is 204 g/mol. The van der Waals surface area contributed by atoms with E-state index in [9.17, 15) is 4.79 Å². The maximum Gasteiger partial charge on any atom is 0.335 e. The smallest absolute Gasteiger partial charge is 0.335 e. The maximum atomic E-state index is 10.7. The summed E-state index contributed by atoms with van der Waals surface area (Å²) in [6, 6.07) is 4.72. The third-order valence-electron chi connectivity index (χ3n) is 2.19. The first-order chi connectivity index (χ1) is 7.09. The van der Waals surface area contributed by atoms with Crippen LogP contribution in [0.4, 0.5) is 0 Å². The molecule has 2 rings (SSSR count). The molecule has 0 unspecified atom stereocenters. The van der Waals surface area contributed by atoms with E-state index in [4.69, 9.17) is 14.6 Å². The number of aliphatic carboxylic acids is 1. The molecule has 0 radical (unpaired) electrons. The summed E-state index contributed by atoms with van der Waals surface area (Å²) < 4.78 is 4.77. The van der Waals surface area contributed by atoms with Gasteiger partial charge in [0.1, 0.15) is 6.26 Å². The Morgan fingerprint density at radius 2 is 2.13 bits per heavy atom. The quantitative estimate of drug-likeness (QED) is 0.735. The van der Waals surface area contributed by atoms with Crippen molar-refractivity contribution in [2.45, 2.75) is 0 Å². The number of carboxylic acid groups (broad SMARTS) is 1. The molecule has 0 fully saturated rings. The van der Waals surface area contributed by atoms with Crippen molar-refractivity contribution in [1.29, 1.82) is 0 Å². The summed E-state index contributed by atoms with van der Waals surface area (Å²) in [4.78, 5) is 10.7. The number of aromatic hydroxyl groups is 1. The molecule has 0 bridgehead atoms. The Morgan fingerprint density at radius 1 is 1.40 bits per heavy atom. The van der Waals surface area contributed by atoms with Gasteiger partial charge in [-0.1, -0.05) is 18.7 Å². The summed E-state index contributed by atoms with van der Waals surface area (Å²) in [6.07, 6.45) is 1.36. The lowest BCUT2D eigenvalue weighted by molar-refractivity contribution is -0.130. The highest BCUT2D eigenvalue weighted by Crippen LogP contribution is 2.34. The van der Waals surface area contributed by atoms with Crippen LogP contribution >= 0.6 is 0 Å². The minimum Gasteiger partial charge on any atom is -0.481 e. The fourth-order valence-corrected chi connectivity index (χ4v) is 1.43. The van der Waals surface area contributed by atoms with Crippen molar-refractivity contribution in [2.24, 2.45) is 0 Å². The average Bonchev–Trinajstić information content (AvgIpc) is 2.59. The number of rotatable bonds is 2. The number of hydrogen-bond donors (Lipinski definition) is 2. The number of hydrogen-bond acceptors (Lipinski definition) is 3. The molecule has 1 aliphatic carbocycles. The Morgan fingerprint density at radius 3 is 2.80 bits per heavy atom. The number of carbonyl (C=O) groups is 1. The second-order valence-electron chi connectivity index (χ2n) is 3.12. The molecule has 4 heteroatoms. The second kappa shape index (κ2) is 3.16. The summed E-state index contributed by atoms with van der Waals surface area (Å²) in [5, 5.41) is 17.9. The van der Waals surface area contributed by atoms with Gasteiger partial charge in [0, 0.05) is 11.6 Å². The molecule has 0 aromatic heterocycles. The van der Waals surface area contributed by atoms with Gasteiger partial charge in [0.05, 0.1) is 5.57 Å². The van der Waals surface area contributed by atoms with E-state index in [2.05, 4.69) is 6.58 Å². The molecule has 4 nitrogen and oxygen atoms in total. The molecule has 0 amide bonds. The van der Waals surface area contributed by atoms with Crippen LogP contribution < -0.4 is 0 Å². The van der Waals surface area contributed by atoms with Crippen molar-refractivity contribution >= 4 is 11.5 Å². The predicted octanol–water partition coefficient (Wildman–Crippen LogP) is 2.19. The third-order valence-corrected chi connectivity index (χ3v) is 2.19. The molecular formula is C11H8O4. The van der Waals surface area contributed by atoms with E-state index in [1.54, 1.807) is 12.1 Å². The second-order valence-corrected chi connectivity index (χ2v) is 3.12. The van der Waals surface area contributed by atoms with Crippen LogP contribution in [0.2, 0.25) is 0 Å². The summed E-state index contributed by atoms with van der Waals surface area (Å²) >= 11 is 0. The highest BCUT2D eigenvalue weighted by atomic mass is 16.5. The van der Waals surface area contributed by atoms with Crippen LogP contribution in [0.5, 0.6) is 5.95 Å². The minimum atomic E-state index is -1.08. The lowest BCUT2D eigenvalue weighted by Gasteiger charge is -2.03. The SMILES string of the molecule is C=C(C(=O)O)c1ccc2coc(O)cc1-2. The van der Waals surface area contributed by atoms with Gasteiger partial charge in [0.15, 0.2) is 0 Å². The van der Waals surface area contributed by atoms with Crippen molar-refractivity contribution < 1.29 is 19.4 Å². The molecule has 0 saturated carbocycles. The molecule has 0 aromatic carbocycles. The Bertz CT molecular complexity index is 510. The zero-order chi connectivity index (χ0) is 11.0. The molecule has 76 valence electrons. The first kappa shape index (κ1) is 9.33. The van der Waals surface area contributed by atoms with Gasteiger partial charge in [0.2, 0.25) is 0 Å². The van der Waals surface area contributed by atoms with Crippen LogP contribution in [0.25, 0.3) is 16.7 Å². The van der Waals surface area contributed by atoms with Crippen molar-refractivity contribution in [3.05, 3.63) is 36.6 Å². The molecule has 2 aliphatic rings. The Kier molecular flexibility index (Phi) is 1.97. The van der Waals surface area contributed by atoms with Gasteiger partial charge in [-0.3, -0.25) is 0 Å². The standard InChI is InChI=1S/C11H8O4/c1-6(11(13)14)8-3-2-7-5-15-10(12)4-9(7)8/h2-5,12H,1H2,(H,13,14). The van der Waals surface area contributed by atoms with Gasteiger partial charge >= 0.3 is 5.97 Å². The van der Waals surface area contributed by atoms with Gasteiger partial charge in [0.25, 0.3) is 5.95 Å². The Balaban J connectivity index is 2.60. The van der Waals surface area contributed by atoms with E-state index in [1.165, 1.54) is 12.3 Å². The highest BCUT2D eigenvalue weighted by molar-refractivity contribution is 6.16. The van der Waals surface area contributed by atoms with Crippen molar-refractivity contribution in [3.8, 4) is 17.1 Å². The van der Waals surface area contributed by atoms with Crippen LogP contribution in [0.3, 0.4) is 0 Å². The average molecular weight is 204 g/mol. The lowest BCUT2D eigenvalue weighted by atomic mass is 10.0. The predicted molar refractivity (Wildman–Crippen MR) is 53.7 cm³/mol. The Labute approximate surface area is 85.4 Å². The molecule has 0 spiro atoms. The summed E-state index contributed by atoms with van der Waals surface area (Å²) in [5.41, 5.74) is 1.83. The summed E-state index contributed by atoms with van der Waals surface area (Å²) in [6.45, 7) is 3.46. The van der Waals surface area contributed by atoms with Gasteiger partial charge in [-0.05, 0) is 11.1 Å². The van der Waals surface area contributed by atoms with Crippen LogP contribution in [-0.2, 0) is 4.79 Å². The van der Waals surface area contributed by atoms with E-state index < -0.39 is 5.97 Å². The fraction of sp³-hybridized carbons (Fsp3) is 0. The molecule has 1 heterocycles. The topological polar surface area (TPSA) is 70.7 Å². The summed E-state index contributed by atoms with van der Waals surface area (Å²) in [7, 11) is 0. The normalized spacial score (nSPS) is 10.4. The number of carboxylic acids is 1. The van der Waals surface area contributed by atoms with Crippen LogP contribution in [0.15, 0.2) is 35.5 Å². The van der Waals surface area contributed by atoms with Gasteiger partial charge < -0.3 is 14.6 Å². The largest absolute Gasteiger partial charge is 0.481 e. The van der Waals surface area contributed by atoms with Gasteiger partial charge in [-0.15, -0.1) is 0 Å². The molecule has 15 heavy (non-hydrogen) atoms. The van der Waals surface area contributed by atoms with Gasteiger partial charge in [-0.2, -0.15) is 0 Å². The van der Waals surface area contributed by atoms with E-state index in [0.29, 0.717) is 11.1 Å². The minimum absolute atomic E-state index is 0.00407.